The predicted molar refractivity (Wildman–Crippen MR) is 66.2 cm³/mol. The second-order valence-corrected chi connectivity index (χ2v) is 3.72. The highest BCUT2D eigenvalue weighted by atomic mass is 16.3. The molecular formula is C13H16N2O2. The summed E-state index contributed by atoms with van der Waals surface area (Å²) in [6.45, 7) is 0.502. The number of nitrogens with one attached hydrogen (secondary N) is 1. The normalized spacial score (nSPS) is 11.5. The van der Waals surface area contributed by atoms with Gasteiger partial charge in [-0.25, -0.2) is 0 Å². The van der Waals surface area contributed by atoms with Crippen LogP contribution >= 0.6 is 0 Å². The van der Waals surface area contributed by atoms with E-state index in [1.807, 2.05) is 12.1 Å². The van der Waals surface area contributed by atoms with Gasteiger partial charge in [0, 0.05) is 13.0 Å². The van der Waals surface area contributed by atoms with Gasteiger partial charge in [-0.05, 0) is 24.1 Å². The summed E-state index contributed by atoms with van der Waals surface area (Å²) in [4.78, 5) is 11.4. The highest BCUT2D eigenvalue weighted by Crippen LogP contribution is 2.09. The third-order valence-corrected chi connectivity index (χ3v) is 2.32. The number of carbonyl (C=O) groups excluding carboxylic acids is 1. The quantitative estimate of drug-likeness (QED) is 0.643. The maximum Gasteiger partial charge on any atom is 0.237 e. The Morgan fingerprint density at radius 1 is 1.47 bits per heavy atom. The van der Waals surface area contributed by atoms with Crippen LogP contribution in [0.15, 0.2) is 24.3 Å². The van der Waals surface area contributed by atoms with E-state index in [0.717, 1.165) is 5.56 Å². The standard InChI is InChI=1S/C13H16N2O2/c1-2-3-12(14)13(17)15-9-8-10-4-6-11(16)7-5-10/h1,4-7,12,16H,3,8-9,14H2,(H,15,17). The Labute approximate surface area is 101 Å². The Balaban J connectivity index is 2.31. The predicted octanol–water partition coefficient (Wildman–Crippen LogP) is 0.401. The molecule has 0 radical (unpaired) electrons. The summed E-state index contributed by atoms with van der Waals surface area (Å²) >= 11 is 0. The number of phenols is 1. The molecule has 17 heavy (non-hydrogen) atoms. The zero-order chi connectivity index (χ0) is 12.7. The number of rotatable bonds is 5. The monoisotopic (exact) mass is 232 g/mol. The van der Waals surface area contributed by atoms with E-state index in [4.69, 9.17) is 17.3 Å². The molecule has 1 aromatic carbocycles. The van der Waals surface area contributed by atoms with Gasteiger partial charge in [0.05, 0.1) is 6.04 Å². The van der Waals surface area contributed by atoms with Crippen molar-refractivity contribution in [2.75, 3.05) is 6.54 Å². The van der Waals surface area contributed by atoms with Crippen LogP contribution < -0.4 is 11.1 Å². The maximum absolute atomic E-state index is 11.4. The fourth-order valence-corrected chi connectivity index (χ4v) is 1.34. The average Bonchev–Trinajstić information content (AvgIpc) is 2.32. The molecule has 90 valence electrons. The Hall–Kier alpha value is -1.99. The summed E-state index contributed by atoms with van der Waals surface area (Å²) in [7, 11) is 0. The van der Waals surface area contributed by atoms with Crippen LogP contribution in [0.1, 0.15) is 12.0 Å². The van der Waals surface area contributed by atoms with Gasteiger partial charge in [0.2, 0.25) is 5.91 Å². The number of hydrogen-bond acceptors (Lipinski definition) is 3. The molecule has 0 aliphatic rings. The Bertz CT molecular complexity index is 406. The summed E-state index contributed by atoms with van der Waals surface area (Å²) < 4.78 is 0. The Morgan fingerprint density at radius 2 is 2.12 bits per heavy atom. The van der Waals surface area contributed by atoms with E-state index in [1.54, 1.807) is 12.1 Å². The van der Waals surface area contributed by atoms with Gasteiger partial charge in [0.15, 0.2) is 0 Å². The van der Waals surface area contributed by atoms with Crippen molar-refractivity contribution in [2.45, 2.75) is 18.9 Å². The molecule has 0 aliphatic carbocycles. The van der Waals surface area contributed by atoms with Crippen molar-refractivity contribution in [1.82, 2.24) is 5.32 Å². The van der Waals surface area contributed by atoms with Crippen molar-refractivity contribution >= 4 is 5.91 Å². The van der Waals surface area contributed by atoms with E-state index in [1.165, 1.54) is 0 Å². The summed E-state index contributed by atoms with van der Waals surface area (Å²) in [6, 6.07) is 6.20. The highest BCUT2D eigenvalue weighted by molar-refractivity contribution is 5.81. The number of terminal acetylenes is 1. The van der Waals surface area contributed by atoms with E-state index < -0.39 is 6.04 Å². The summed E-state index contributed by atoms with van der Waals surface area (Å²) in [5, 5.41) is 11.8. The van der Waals surface area contributed by atoms with Gasteiger partial charge >= 0.3 is 0 Å². The average molecular weight is 232 g/mol. The minimum absolute atomic E-state index is 0.230. The molecule has 0 saturated carbocycles. The fourth-order valence-electron chi connectivity index (χ4n) is 1.34. The van der Waals surface area contributed by atoms with E-state index >= 15 is 0 Å². The van der Waals surface area contributed by atoms with Crippen molar-refractivity contribution in [1.29, 1.82) is 0 Å². The van der Waals surface area contributed by atoms with Gasteiger partial charge in [0.1, 0.15) is 5.75 Å². The summed E-state index contributed by atoms with van der Waals surface area (Å²) in [6.07, 6.45) is 6.00. The van der Waals surface area contributed by atoms with Crippen LogP contribution in [0, 0.1) is 12.3 Å². The number of benzene rings is 1. The molecule has 0 heterocycles. The molecule has 0 saturated heterocycles. The van der Waals surface area contributed by atoms with Gasteiger partial charge in [-0.1, -0.05) is 12.1 Å². The minimum Gasteiger partial charge on any atom is -0.508 e. The molecule has 1 amide bonds. The van der Waals surface area contributed by atoms with Crippen LogP contribution in [-0.4, -0.2) is 23.6 Å². The van der Waals surface area contributed by atoms with E-state index in [9.17, 15) is 4.79 Å². The number of nitrogens with two attached hydrogens (primary N) is 1. The van der Waals surface area contributed by atoms with Crippen LogP contribution in [0.4, 0.5) is 0 Å². The number of aromatic hydroxyl groups is 1. The van der Waals surface area contributed by atoms with Gasteiger partial charge in [-0.2, -0.15) is 0 Å². The van der Waals surface area contributed by atoms with Crippen LogP contribution in [0.2, 0.25) is 0 Å². The molecule has 0 bridgehead atoms. The third kappa shape index (κ3) is 4.58. The molecule has 1 aromatic rings. The van der Waals surface area contributed by atoms with Gasteiger partial charge < -0.3 is 16.2 Å². The van der Waals surface area contributed by atoms with Crippen molar-refractivity contribution in [3.63, 3.8) is 0 Å². The lowest BCUT2D eigenvalue weighted by Gasteiger charge is -2.09. The van der Waals surface area contributed by atoms with Gasteiger partial charge in [-0.3, -0.25) is 4.79 Å². The summed E-state index contributed by atoms with van der Waals surface area (Å²) in [5.41, 5.74) is 6.58. The summed E-state index contributed by atoms with van der Waals surface area (Å²) in [5.74, 6) is 2.34. The van der Waals surface area contributed by atoms with Crippen molar-refractivity contribution in [3.8, 4) is 18.1 Å². The van der Waals surface area contributed by atoms with Crippen molar-refractivity contribution < 1.29 is 9.90 Å². The minimum atomic E-state index is -0.639. The molecule has 0 aromatic heterocycles. The lowest BCUT2D eigenvalue weighted by atomic mass is 10.1. The maximum atomic E-state index is 11.4. The zero-order valence-corrected chi connectivity index (χ0v) is 9.52. The fraction of sp³-hybridized carbons (Fsp3) is 0.308. The molecule has 4 heteroatoms. The first-order valence-electron chi connectivity index (χ1n) is 5.38. The molecule has 0 aliphatic heterocycles. The SMILES string of the molecule is C#CCC(N)C(=O)NCCc1ccc(O)cc1. The topological polar surface area (TPSA) is 75.4 Å². The molecule has 1 atom stereocenters. The van der Waals surface area contributed by atoms with Crippen LogP contribution in [0.5, 0.6) is 5.75 Å². The third-order valence-electron chi connectivity index (χ3n) is 2.32. The largest absolute Gasteiger partial charge is 0.508 e. The smallest absolute Gasteiger partial charge is 0.237 e. The lowest BCUT2D eigenvalue weighted by molar-refractivity contribution is -0.122. The number of phenolic OH excluding ortho intramolecular Hbond substituents is 1. The van der Waals surface area contributed by atoms with E-state index in [0.29, 0.717) is 13.0 Å². The van der Waals surface area contributed by atoms with Crippen LogP contribution in [0.25, 0.3) is 0 Å². The molecule has 4 nitrogen and oxygen atoms in total. The van der Waals surface area contributed by atoms with E-state index in [2.05, 4.69) is 11.2 Å². The Morgan fingerprint density at radius 3 is 2.71 bits per heavy atom. The zero-order valence-electron chi connectivity index (χ0n) is 9.52. The first-order chi connectivity index (χ1) is 8.13. The molecule has 4 N–H and O–H groups in total. The molecule has 1 rings (SSSR count). The van der Waals surface area contributed by atoms with Crippen molar-refractivity contribution in [3.05, 3.63) is 29.8 Å². The number of carbonyl (C=O) groups is 1. The lowest BCUT2D eigenvalue weighted by Crippen LogP contribution is -2.41. The molecule has 0 fully saturated rings. The van der Waals surface area contributed by atoms with Gasteiger partial charge in [-0.15, -0.1) is 12.3 Å². The van der Waals surface area contributed by atoms with Crippen molar-refractivity contribution in [2.24, 2.45) is 5.73 Å². The molecular weight excluding hydrogens is 216 g/mol. The number of amides is 1. The van der Waals surface area contributed by atoms with Crippen LogP contribution in [0.3, 0.4) is 0 Å². The first-order valence-corrected chi connectivity index (χ1v) is 5.38. The molecule has 0 spiro atoms. The molecule has 1 unspecified atom stereocenters. The van der Waals surface area contributed by atoms with Crippen LogP contribution in [-0.2, 0) is 11.2 Å². The highest BCUT2D eigenvalue weighted by Gasteiger charge is 2.10. The number of hydrogen-bond donors (Lipinski definition) is 3. The first kappa shape index (κ1) is 13.1. The Kier molecular flexibility index (Phi) is 5.05. The second-order valence-electron chi connectivity index (χ2n) is 3.72. The second kappa shape index (κ2) is 6.56. The van der Waals surface area contributed by atoms with E-state index in [-0.39, 0.29) is 18.1 Å². The van der Waals surface area contributed by atoms with Gasteiger partial charge in [0.25, 0.3) is 0 Å².